The quantitative estimate of drug-likeness (QED) is 0.920. The van der Waals surface area contributed by atoms with Crippen molar-refractivity contribution in [3.63, 3.8) is 0 Å². The molecule has 1 aromatic carbocycles. The summed E-state index contributed by atoms with van der Waals surface area (Å²) in [5.41, 5.74) is 2.84. The number of hydrogen-bond donors (Lipinski definition) is 1. The molecule has 2 atom stereocenters. The van der Waals surface area contributed by atoms with Crippen LogP contribution in [0.1, 0.15) is 42.4 Å². The van der Waals surface area contributed by atoms with Crippen LogP contribution in [0.15, 0.2) is 41.1 Å². The maximum absolute atomic E-state index is 12.8. The standard InChI is InChI=1S/C16H18N2OS/c1-3-11(2)18-15(12-8-9-20-10-12)17-14-7-5-4-6-13(14)16(18)19/h4-11,15,17H,3H2,1-2H3/t11-,15-/m0/s1. The lowest BCUT2D eigenvalue weighted by Crippen LogP contribution is -2.47. The minimum atomic E-state index is -0.0707. The molecule has 0 saturated heterocycles. The molecule has 104 valence electrons. The fourth-order valence-electron chi connectivity index (χ4n) is 2.59. The summed E-state index contributed by atoms with van der Waals surface area (Å²) in [7, 11) is 0. The van der Waals surface area contributed by atoms with Gasteiger partial charge in [-0.2, -0.15) is 11.3 Å². The molecule has 0 spiro atoms. The molecule has 3 rings (SSSR count). The van der Waals surface area contributed by atoms with Crippen molar-refractivity contribution >= 4 is 22.9 Å². The van der Waals surface area contributed by atoms with Crippen molar-refractivity contribution in [2.45, 2.75) is 32.5 Å². The Hall–Kier alpha value is -1.81. The summed E-state index contributed by atoms with van der Waals surface area (Å²) in [5, 5.41) is 7.66. The van der Waals surface area contributed by atoms with Gasteiger partial charge in [0.15, 0.2) is 0 Å². The van der Waals surface area contributed by atoms with Crippen LogP contribution in [-0.2, 0) is 0 Å². The lowest BCUT2D eigenvalue weighted by Gasteiger charge is -2.41. The molecule has 1 aliphatic heterocycles. The highest BCUT2D eigenvalue weighted by atomic mass is 32.1. The van der Waals surface area contributed by atoms with Gasteiger partial charge >= 0.3 is 0 Å². The summed E-state index contributed by atoms with van der Waals surface area (Å²) in [4.78, 5) is 14.8. The topological polar surface area (TPSA) is 32.3 Å². The maximum Gasteiger partial charge on any atom is 0.258 e. The van der Waals surface area contributed by atoms with E-state index < -0.39 is 0 Å². The van der Waals surface area contributed by atoms with Crippen LogP contribution in [0, 0.1) is 0 Å². The molecule has 1 N–H and O–H groups in total. The second-order valence-electron chi connectivity index (χ2n) is 5.12. The summed E-state index contributed by atoms with van der Waals surface area (Å²) >= 11 is 1.66. The zero-order chi connectivity index (χ0) is 14.1. The first kappa shape index (κ1) is 13.2. The van der Waals surface area contributed by atoms with Gasteiger partial charge in [-0.3, -0.25) is 4.79 Å². The van der Waals surface area contributed by atoms with E-state index in [0.29, 0.717) is 0 Å². The second-order valence-corrected chi connectivity index (χ2v) is 5.90. The second kappa shape index (κ2) is 5.29. The summed E-state index contributed by atoms with van der Waals surface area (Å²) in [6.07, 6.45) is 0.870. The fraction of sp³-hybridized carbons (Fsp3) is 0.312. The van der Waals surface area contributed by atoms with Crippen LogP contribution in [0.5, 0.6) is 0 Å². The van der Waals surface area contributed by atoms with Gasteiger partial charge < -0.3 is 10.2 Å². The van der Waals surface area contributed by atoms with Crippen LogP contribution in [0.3, 0.4) is 0 Å². The van der Waals surface area contributed by atoms with Crippen LogP contribution >= 0.6 is 11.3 Å². The van der Waals surface area contributed by atoms with Gasteiger partial charge in [-0.05, 0) is 42.3 Å². The van der Waals surface area contributed by atoms with E-state index in [-0.39, 0.29) is 18.1 Å². The zero-order valence-electron chi connectivity index (χ0n) is 11.7. The number of rotatable bonds is 3. The fourth-order valence-corrected chi connectivity index (χ4v) is 3.27. The van der Waals surface area contributed by atoms with Gasteiger partial charge in [0.2, 0.25) is 0 Å². The van der Waals surface area contributed by atoms with Crippen LogP contribution in [0.2, 0.25) is 0 Å². The number of hydrogen-bond acceptors (Lipinski definition) is 3. The Morgan fingerprint density at radius 2 is 2.15 bits per heavy atom. The Balaban J connectivity index is 2.07. The third kappa shape index (κ3) is 2.10. The highest BCUT2D eigenvalue weighted by Crippen LogP contribution is 2.35. The van der Waals surface area contributed by atoms with Gasteiger partial charge in [0.25, 0.3) is 5.91 Å². The van der Waals surface area contributed by atoms with E-state index in [1.807, 2.05) is 29.2 Å². The number of thiophene rings is 1. The van der Waals surface area contributed by atoms with Gasteiger partial charge in [0, 0.05) is 17.3 Å². The summed E-state index contributed by atoms with van der Waals surface area (Å²) in [5.74, 6) is 0.116. The predicted molar refractivity (Wildman–Crippen MR) is 83.0 cm³/mol. The molecule has 2 heterocycles. The molecular formula is C16H18N2OS. The van der Waals surface area contributed by atoms with Gasteiger partial charge in [-0.15, -0.1) is 0 Å². The molecule has 1 aliphatic rings. The first-order chi connectivity index (χ1) is 9.72. The molecule has 0 saturated carbocycles. The van der Waals surface area contributed by atoms with Gasteiger partial charge in [0.05, 0.1) is 5.56 Å². The van der Waals surface area contributed by atoms with Crippen molar-refractivity contribution in [2.24, 2.45) is 0 Å². The Morgan fingerprint density at radius 1 is 1.35 bits per heavy atom. The van der Waals surface area contributed by atoms with Crippen LogP contribution < -0.4 is 5.32 Å². The highest BCUT2D eigenvalue weighted by molar-refractivity contribution is 7.08. The van der Waals surface area contributed by atoms with E-state index in [9.17, 15) is 4.79 Å². The van der Waals surface area contributed by atoms with Crippen LogP contribution in [-0.4, -0.2) is 16.8 Å². The summed E-state index contributed by atoms with van der Waals surface area (Å²) < 4.78 is 0. The molecule has 0 bridgehead atoms. The van der Waals surface area contributed by atoms with E-state index in [2.05, 4.69) is 36.0 Å². The lowest BCUT2D eigenvalue weighted by atomic mass is 10.0. The number of anilines is 1. The van der Waals surface area contributed by atoms with Crippen LogP contribution in [0.4, 0.5) is 5.69 Å². The van der Waals surface area contributed by atoms with Gasteiger partial charge in [0.1, 0.15) is 6.17 Å². The number of carbonyl (C=O) groups is 1. The average Bonchev–Trinajstić information content (AvgIpc) is 3.00. The monoisotopic (exact) mass is 286 g/mol. The van der Waals surface area contributed by atoms with Crippen molar-refractivity contribution in [1.82, 2.24) is 4.90 Å². The van der Waals surface area contributed by atoms with Crippen LogP contribution in [0.25, 0.3) is 0 Å². The molecule has 0 radical (unpaired) electrons. The minimum Gasteiger partial charge on any atom is -0.361 e. The van der Waals surface area contributed by atoms with E-state index in [1.54, 1.807) is 11.3 Å². The molecule has 4 heteroatoms. The number of amides is 1. The number of nitrogens with one attached hydrogen (secondary N) is 1. The third-order valence-corrected chi connectivity index (χ3v) is 4.59. The van der Waals surface area contributed by atoms with E-state index in [4.69, 9.17) is 0 Å². The Labute approximate surface area is 123 Å². The van der Waals surface area contributed by atoms with E-state index in [1.165, 1.54) is 0 Å². The van der Waals surface area contributed by atoms with E-state index >= 15 is 0 Å². The molecule has 2 aromatic rings. The Bertz CT molecular complexity index is 609. The van der Waals surface area contributed by atoms with Crippen molar-refractivity contribution in [3.8, 4) is 0 Å². The predicted octanol–water partition coefficient (Wildman–Crippen LogP) is 4.11. The number of nitrogens with zero attached hydrogens (tertiary/aromatic N) is 1. The number of fused-ring (bicyclic) bond motifs is 1. The van der Waals surface area contributed by atoms with Crippen molar-refractivity contribution < 1.29 is 4.79 Å². The van der Waals surface area contributed by atoms with Gasteiger partial charge in [-0.25, -0.2) is 0 Å². The largest absolute Gasteiger partial charge is 0.361 e. The molecule has 1 aromatic heterocycles. The smallest absolute Gasteiger partial charge is 0.258 e. The summed E-state index contributed by atoms with van der Waals surface area (Å²) in [6, 6.07) is 10.0. The Kier molecular flexibility index (Phi) is 3.49. The average molecular weight is 286 g/mol. The first-order valence-electron chi connectivity index (χ1n) is 6.92. The zero-order valence-corrected chi connectivity index (χ0v) is 12.5. The number of para-hydroxylation sites is 1. The minimum absolute atomic E-state index is 0.0707. The molecule has 20 heavy (non-hydrogen) atoms. The number of benzene rings is 1. The third-order valence-electron chi connectivity index (χ3n) is 3.89. The number of carbonyl (C=O) groups excluding carboxylic acids is 1. The molecular weight excluding hydrogens is 268 g/mol. The summed E-state index contributed by atoms with van der Waals surface area (Å²) in [6.45, 7) is 4.22. The lowest BCUT2D eigenvalue weighted by molar-refractivity contribution is 0.0594. The molecule has 3 nitrogen and oxygen atoms in total. The Morgan fingerprint density at radius 3 is 2.85 bits per heavy atom. The molecule has 0 aliphatic carbocycles. The van der Waals surface area contributed by atoms with Crippen molar-refractivity contribution in [3.05, 3.63) is 52.2 Å². The van der Waals surface area contributed by atoms with E-state index in [0.717, 1.165) is 23.2 Å². The van der Waals surface area contributed by atoms with Crippen molar-refractivity contribution in [1.29, 1.82) is 0 Å². The first-order valence-corrected chi connectivity index (χ1v) is 7.87. The van der Waals surface area contributed by atoms with Gasteiger partial charge in [-0.1, -0.05) is 19.1 Å². The molecule has 1 amide bonds. The maximum atomic E-state index is 12.8. The molecule has 0 fully saturated rings. The van der Waals surface area contributed by atoms with Crippen molar-refractivity contribution in [2.75, 3.05) is 5.32 Å². The molecule has 0 unspecified atom stereocenters. The normalized spacial score (nSPS) is 19.4. The highest BCUT2D eigenvalue weighted by Gasteiger charge is 2.35. The SMILES string of the molecule is CC[C@H](C)N1C(=O)c2ccccc2N[C@@H]1c1ccsc1.